The smallest absolute Gasteiger partial charge is 0.322 e. The van der Waals surface area contributed by atoms with E-state index in [1.165, 1.54) is 89.9 Å². The van der Waals surface area contributed by atoms with E-state index in [-0.39, 0.29) is 18.2 Å². The van der Waals surface area contributed by atoms with Crippen molar-refractivity contribution in [1.82, 2.24) is 16.0 Å². The Balaban J connectivity index is 2.18. The Kier molecular flexibility index (Phi) is 20.6. The third-order valence-corrected chi connectivity index (χ3v) is 6.97. The molecule has 0 radical (unpaired) electrons. The molecule has 0 aliphatic carbocycles. The Morgan fingerprint density at radius 3 is 1.67 bits per heavy atom. The van der Waals surface area contributed by atoms with E-state index in [1.807, 2.05) is 0 Å². The minimum Gasteiger partial charge on any atom is -0.508 e. The van der Waals surface area contributed by atoms with Crippen molar-refractivity contribution in [3.05, 3.63) is 29.8 Å². The van der Waals surface area contributed by atoms with Crippen LogP contribution in [-0.4, -0.2) is 53.7 Å². The molecule has 1 aromatic carbocycles. The molecule has 0 heterocycles. The Morgan fingerprint density at radius 2 is 1.18 bits per heavy atom. The van der Waals surface area contributed by atoms with Gasteiger partial charge in [0.1, 0.15) is 12.3 Å². The number of amides is 2. The van der Waals surface area contributed by atoms with Crippen LogP contribution < -0.4 is 16.0 Å². The molecule has 222 valence electrons. The molecule has 5 N–H and O–H groups in total. The molecule has 8 nitrogen and oxygen atoms in total. The molecule has 1 rings (SSSR count). The zero-order valence-electron chi connectivity index (χ0n) is 24.1. The van der Waals surface area contributed by atoms with Crippen LogP contribution in [0.15, 0.2) is 24.3 Å². The first kappa shape index (κ1) is 34.4. The molecule has 0 unspecified atom stereocenters. The van der Waals surface area contributed by atoms with Gasteiger partial charge in [-0.25, -0.2) is 0 Å². The number of carbonyl (C=O) groups is 3. The highest BCUT2D eigenvalue weighted by molar-refractivity contribution is 5.88. The number of aliphatic carboxylic acids is 1. The van der Waals surface area contributed by atoms with E-state index < -0.39 is 24.5 Å². The van der Waals surface area contributed by atoms with Crippen molar-refractivity contribution in [2.45, 2.75) is 122 Å². The molecule has 1 atom stereocenters. The number of carbonyl (C=O) groups excluding carboxylic acids is 2. The summed E-state index contributed by atoms with van der Waals surface area (Å²) < 4.78 is 0. The second-order valence-corrected chi connectivity index (χ2v) is 10.6. The average molecular weight is 548 g/mol. The number of nitrogens with one attached hydrogen (secondary N) is 3. The zero-order valence-corrected chi connectivity index (χ0v) is 24.1. The van der Waals surface area contributed by atoms with Crippen LogP contribution in [0.5, 0.6) is 5.75 Å². The van der Waals surface area contributed by atoms with E-state index in [9.17, 15) is 19.5 Å². The summed E-state index contributed by atoms with van der Waals surface area (Å²) in [6.07, 6.45) is 21.4. The minimum absolute atomic E-state index is 0.163. The predicted octanol–water partition coefficient (Wildman–Crippen LogP) is 5.47. The van der Waals surface area contributed by atoms with Crippen molar-refractivity contribution in [3.63, 3.8) is 0 Å². The molecule has 0 saturated carbocycles. The number of phenols is 1. The van der Waals surface area contributed by atoms with Gasteiger partial charge in [-0.05, 0) is 37.1 Å². The summed E-state index contributed by atoms with van der Waals surface area (Å²) in [4.78, 5) is 35.1. The predicted molar refractivity (Wildman–Crippen MR) is 157 cm³/mol. The number of carboxylic acid groups (broad SMARTS) is 1. The van der Waals surface area contributed by atoms with Gasteiger partial charge in [-0.15, -0.1) is 0 Å². The van der Waals surface area contributed by atoms with Gasteiger partial charge < -0.3 is 26.2 Å². The van der Waals surface area contributed by atoms with Gasteiger partial charge >= 0.3 is 5.97 Å². The molecule has 0 spiro atoms. The third kappa shape index (κ3) is 20.0. The van der Waals surface area contributed by atoms with E-state index >= 15 is 0 Å². The second kappa shape index (κ2) is 23.3. The zero-order chi connectivity index (χ0) is 28.6. The van der Waals surface area contributed by atoms with Crippen LogP contribution in [0.4, 0.5) is 0 Å². The van der Waals surface area contributed by atoms with Gasteiger partial charge in [-0.1, -0.05) is 115 Å². The van der Waals surface area contributed by atoms with Crippen molar-refractivity contribution < 1.29 is 24.6 Å². The Morgan fingerprint density at radius 1 is 0.692 bits per heavy atom. The monoisotopic (exact) mass is 547 g/mol. The molecular weight excluding hydrogens is 494 g/mol. The fourth-order valence-electron chi connectivity index (χ4n) is 4.60. The summed E-state index contributed by atoms with van der Waals surface area (Å²) >= 11 is 0. The summed E-state index contributed by atoms with van der Waals surface area (Å²) in [5.41, 5.74) is 0.891. The van der Waals surface area contributed by atoms with Crippen LogP contribution in [0.1, 0.15) is 115 Å². The van der Waals surface area contributed by atoms with Crippen LogP contribution in [0.2, 0.25) is 0 Å². The lowest BCUT2D eigenvalue weighted by Gasteiger charge is -2.19. The summed E-state index contributed by atoms with van der Waals surface area (Å²) in [7, 11) is 0. The first-order valence-corrected chi connectivity index (χ1v) is 15.2. The van der Waals surface area contributed by atoms with E-state index in [0.717, 1.165) is 18.4 Å². The fourth-order valence-corrected chi connectivity index (χ4v) is 4.60. The minimum atomic E-state index is -1.14. The molecule has 0 fully saturated rings. The van der Waals surface area contributed by atoms with Gasteiger partial charge in [0.25, 0.3) is 0 Å². The van der Waals surface area contributed by atoms with E-state index in [1.54, 1.807) is 24.3 Å². The van der Waals surface area contributed by atoms with Gasteiger partial charge in [-0.2, -0.15) is 0 Å². The highest BCUT2D eigenvalue weighted by Gasteiger charge is 2.19. The quantitative estimate of drug-likeness (QED) is 0.103. The number of benzene rings is 1. The average Bonchev–Trinajstić information content (AvgIpc) is 2.92. The Hall–Kier alpha value is -2.61. The molecule has 1 aromatic rings. The number of rotatable bonds is 25. The van der Waals surface area contributed by atoms with Crippen molar-refractivity contribution in [1.29, 1.82) is 0 Å². The van der Waals surface area contributed by atoms with Crippen LogP contribution >= 0.6 is 0 Å². The van der Waals surface area contributed by atoms with Crippen molar-refractivity contribution in [3.8, 4) is 5.75 Å². The normalized spacial score (nSPS) is 11.7. The molecule has 8 heteroatoms. The maximum Gasteiger partial charge on any atom is 0.322 e. The van der Waals surface area contributed by atoms with Crippen LogP contribution in [-0.2, 0) is 20.8 Å². The van der Waals surface area contributed by atoms with Gasteiger partial charge in [-0.3, -0.25) is 14.4 Å². The summed E-state index contributed by atoms with van der Waals surface area (Å²) in [5, 5.41) is 26.3. The van der Waals surface area contributed by atoms with Gasteiger partial charge in [0, 0.05) is 0 Å². The molecule has 0 aliphatic rings. The van der Waals surface area contributed by atoms with Crippen molar-refractivity contribution in [2.75, 3.05) is 19.6 Å². The van der Waals surface area contributed by atoms with Crippen LogP contribution in [0.3, 0.4) is 0 Å². The topological polar surface area (TPSA) is 128 Å². The van der Waals surface area contributed by atoms with E-state index in [0.29, 0.717) is 13.0 Å². The highest BCUT2D eigenvalue weighted by Crippen LogP contribution is 2.14. The van der Waals surface area contributed by atoms with Crippen LogP contribution in [0, 0.1) is 0 Å². The Bertz CT molecular complexity index is 785. The summed E-state index contributed by atoms with van der Waals surface area (Å²) in [5.74, 6) is -1.84. The van der Waals surface area contributed by atoms with Crippen molar-refractivity contribution in [2.24, 2.45) is 0 Å². The number of carboxylic acids is 1. The molecule has 2 amide bonds. The molecule has 0 saturated heterocycles. The lowest BCUT2D eigenvalue weighted by molar-refractivity contribution is -0.137. The van der Waals surface area contributed by atoms with Gasteiger partial charge in [0.05, 0.1) is 12.6 Å². The fraction of sp³-hybridized carbons (Fsp3) is 0.710. The molecule has 0 bridgehead atoms. The maximum atomic E-state index is 12.7. The van der Waals surface area contributed by atoms with E-state index in [2.05, 4.69) is 22.9 Å². The van der Waals surface area contributed by atoms with Gasteiger partial charge in [0.15, 0.2) is 0 Å². The standard InChI is InChI=1S/C31H53N3O5/c1-2-3-4-5-6-7-8-9-10-11-12-13-14-15-16-17-22-32-28(23-26-18-20-27(35)21-19-26)31(39)34-24-29(36)33-25-30(37)38/h18-21,28,32,35H,2-17,22-25H2,1H3,(H,33,36)(H,34,39)(H,37,38)/t28-/m0/s1. The molecule has 39 heavy (non-hydrogen) atoms. The number of unbranched alkanes of at least 4 members (excludes halogenated alkanes) is 15. The first-order chi connectivity index (χ1) is 18.9. The van der Waals surface area contributed by atoms with Gasteiger partial charge in [0.2, 0.25) is 11.8 Å². The summed E-state index contributed by atoms with van der Waals surface area (Å²) in [6.45, 7) is 2.20. The summed E-state index contributed by atoms with van der Waals surface area (Å²) in [6, 6.07) is 6.17. The SMILES string of the molecule is CCCCCCCCCCCCCCCCCCN[C@@H](Cc1ccc(O)cc1)C(=O)NCC(=O)NCC(=O)O. The first-order valence-electron chi connectivity index (χ1n) is 15.2. The second-order valence-electron chi connectivity index (χ2n) is 10.6. The largest absolute Gasteiger partial charge is 0.508 e. The van der Waals surface area contributed by atoms with Crippen molar-refractivity contribution >= 4 is 17.8 Å². The van der Waals surface area contributed by atoms with E-state index in [4.69, 9.17) is 5.11 Å². The number of hydrogen-bond acceptors (Lipinski definition) is 5. The molecule has 0 aliphatic heterocycles. The molecule has 0 aromatic heterocycles. The lowest BCUT2D eigenvalue weighted by Crippen LogP contribution is -2.48. The Labute approximate surface area is 235 Å². The molecular formula is C31H53N3O5. The number of phenolic OH excluding ortho intramolecular Hbond substituents is 1. The third-order valence-electron chi connectivity index (χ3n) is 6.97. The highest BCUT2D eigenvalue weighted by atomic mass is 16.4. The maximum absolute atomic E-state index is 12.7. The van der Waals surface area contributed by atoms with Crippen LogP contribution in [0.25, 0.3) is 0 Å². The number of hydrogen-bond donors (Lipinski definition) is 5. The number of aromatic hydroxyl groups is 1. The lowest BCUT2D eigenvalue weighted by atomic mass is 10.0.